The van der Waals surface area contributed by atoms with Gasteiger partial charge in [-0.05, 0) is 50.2 Å². The van der Waals surface area contributed by atoms with Gasteiger partial charge in [0.05, 0.1) is 0 Å². The zero-order valence-corrected chi connectivity index (χ0v) is 12.5. The number of carbonyl (C=O) groups excluding carboxylic acids is 1. The number of rotatable bonds is 5. The van der Waals surface area contributed by atoms with Gasteiger partial charge in [0, 0.05) is 34.7 Å². The summed E-state index contributed by atoms with van der Waals surface area (Å²) in [6.07, 6.45) is 7.61. The van der Waals surface area contributed by atoms with Crippen LogP contribution in [0.3, 0.4) is 0 Å². The summed E-state index contributed by atoms with van der Waals surface area (Å²) >= 11 is 1.80. The van der Waals surface area contributed by atoms with Crippen molar-refractivity contribution in [3.63, 3.8) is 0 Å². The number of aryl methyl sites for hydroxylation is 1. The Bertz CT molecular complexity index is 441. The molecule has 0 aromatic carbocycles. The molecule has 3 rings (SSSR count). The van der Waals surface area contributed by atoms with Gasteiger partial charge in [0.1, 0.15) is 5.78 Å². The molecule has 0 aliphatic carbocycles. The Labute approximate surface area is 119 Å². The molecule has 2 fully saturated rings. The first kappa shape index (κ1) is 13.3. The molecule has 2 aliphatic rings. The van der Waals surface area contributed by atoms with Crippen LogP contribution in [0.2, 0.25) is 0 Å². The lowest BCUT2D eigenvalue weighted by molar-refractivity contribution is -0.119. The van der Waals surface area contributed by atoms with Gasteiger partial charge in [-0.1, -0.05) is 6.92 Å². The third-order valence-corrected chi connectivity index (χ3v) is 5.75. The van der Waals surface area contributed by atoms with E-state index in [0.29, 0.717) is 30.2 Å². The SMILES string of the molecule is CCc1ccc(CC(=O)CC2CC3CCC(C2)N3)s1. The molecule has 2 bridgehead atoms. The summed E-state index contributed by atoms with van der Waals surface area (Å²) in [6.45, 7) is 2.17. The van der Waals surface area contributed by atoms with Crippen LogP contribution < -0.4 is 5.32 Å². The third-order valence-electron chi connectivity index (χ3n) is 4.52. The lowest BCUT2D eigenvalue weighted by Gasteiger charge is -2.28. The molecule has 104 valence electrons. The molecule has 2 saturated heterocycles. The molecule has 2 nitrogen and oxygen atoms in total. The Balaban J connectivity index is 1.51. The van der Waals surface area contributed by atoms with E-state index in [2.05, 4.69) is 24.4 Å². The van der Waals surface area contributed by atoms with E-state index in [-0.39, 0.29) is 0 Å². The second kappa shape index (κ2) is 5.76. The van der Waals surface area contributed by atoms with Gasteiger partial charge in [-0.2, -0.15) is 0 Å². The summed E-state index contributed by atoms with van der Waals surface area (Å²) in [5.41, 5.74) is 0. The third kappa shape index (κ3) is 3.26. The van der Waals surface area contributed by atoms with Gasteiger partial charge in [0.2, 0.25) is 0 Å². The fourth-order valence-electron chi connectivity index (χ4n) is 3.64. The Morgan fingerprint density at radius 1 is 1.26 bits per heavy atom. The molecule has 2 aliphatic heterocycles. The Morgan fingerprint density at radius 3 is 2.58 bits per heavy atom. The topological polar surface area (TPSA) is 29.1 Å². The predicted molar refractivity (Wildman–Crippen MR) is 79.7 cm³/mol. The monoisotopic (exact) mass is 277 g/mol. The van der Waals surface area contributed by atoms with Crippen LogP contribution in [-0.2, 0) is 17.6 Å². The smallest absolute Gasteiger partial charge is 0.138 e. The van der Waals surface area contributed by atoms with Crippen LogP contribution in [-0.4, -0.2) is 17.9 Å². The van der Waals surface area contributed by atoms with E-state index in [1.807, 2.05) is 0 Å². The van der Waals surface area contributed by atoms with E-state index in [1.165, 1.54) is 35.4 Å². The van der Waals surface area contributed by atoms with Crippen molar-refractivity contribution in [3.8, 4) is 0 Å². The summed E-state index contributed by atoms with van der Waals surface area (Å²) in [7, 11) is 0. The van der Waals surface area contributed by atoms with Crippen LogP contribution >= 0.6 is 11.3 Å². The maximum absolute atomic E-state index is 12.2. The number of fused-ring (bicyclic) bond motifs is 2. The number of hydrogen-bond acceptors (Lipinski definition) is 3. The van der Waals surface area contributed by atoms with Crippen LogP contribution in [0.5, 0.6) is 0 Å². The van der Waals surface area contributed by atoms with Crippen molar-refractivity contribution in [2.45, 2.75) is 64.0 Å². The number of ketones is 1. The summed E-state index contributed by atoms with van der Waals surface area (Å²) in [5.74, 6) is 1.08. The minimum atomic E-state index is 0.441. The van der Waals surface area contributed by atoms with Crippen molar-refractivity contribution in [2.75, 3.05) is 0 Å². The minimum Gasteiger partial charge on any atom is -0.311 e. The molecular formula is C16H23NOS. The molecule has 0 spiro atoms. The first-order valence-corrected chi connectivity index (χ1v) is 8.40. The largest absolute Gasteiger partial charge is 0.311 e. The minimum absolute atomic E-state index is 0.441. The Kier molecular flexibility index (Phi) is 4.04. The molecule has 0 saturated carbocycles. The number of thiophene rings is 1. The number of carbonyl (C=O) groups is 1. The van der Waals surface area contributed by atoms with Crippen LogP contribution in [0, 0.1) is 5.92 Å². The van der Waals surface area contributed by atoms with Gasteiger partial charge in [0.15, 0.2) is 0 Å². The molecule has 0 amide bonds. The lowest BCUT2D eigenvalue weighted by Crippen LogP contribution is -2.38. The zero-order chi connectivity index (χ0) is 13.2. The van der Waals surface area contributed by atoms with Crippen molar-refractivity contribution in [1.29, 1.82) is 0 Å². The van der Waals surface area contributed by atoms with Gasteiger partial charge in [-0.3, -0.25) is 4.79 Å². The maximum atomic E-state index is 12.2. The predicted octanol–water partition coefficient (Wildman–Crippen LogP) is 3.34. The average Bonchev–Trinajstić information content (AvgIpc) is 2.96. The fourth-order valence-corrected chi connectivity index (χ4v) is 4.62. The molecule has 1 aromatic rings. The van der Waals surface area contributed by atoms with E-state index in [0.717, 1.165) is 12.8 Å². The quantitative estimate of drug-likeness (QED) is 0.894. The van der Waals surface area contributed by atoms with Crippen molar-refractivity contribution >= 4 is 17.1 Å². The number of hydrogen-bond donors (Lipinski definition) is 1. The van der Waals surface area contributed by atoms with Gasteiger partial charge in [0.25, 0.3) is 0 Å². The van der Waals surface area contributed by atoms with Crippen LogP contribution in [0.1, 0.15) is 48.8 Å². The molecular weight excluding hydrogens is 254 g/mol. The highest BCUT2D eigenvalue weighted by molar-refractivity contribution is 7.12. The van der Waals surface area contributed by atoms with Crippen LogP contribution in [0.4, 0.5) is 0 Å². The molecule has 2 atom stereocenters. The van der Waals surface area contributed by atoms with Gasteiger partial charge < -0.3 is 5.32 Å². The second-order valence-corrected chi connectivity index (χ2v) is 7.37. The fraction of sp³-hybridized carbons (Fsp3) is 0.688. The molecule has 2 unspecified atom stereocenters. The van der Waals surface area contributed by atoms with Crippen molar-refractivity contribution in [3.05, 3.63) is 21.9 Å². The summed E-state index contributed by atoms with van der Waals surface area (Å²) in [4.78, 5) is 14.8. The van der Waals surface area contributed by atoms with Crippen molar-refractivity contribution in [1.82, 2.24) is 5.32 Å². The van der Waals surface area contributed by atoms with Crippen LogP contribution in [0.15, 0.2) is 12.1 Å². The van der Waals surface area contributed by atoms with E-state index in [4.69, 9.17) is 0 Å². The standard InChI is InChI=1S/C16H23NOS/c1-2-15-5-6-16(19-15)10-14(18)9-11-7-12-3-4-13(8-11)17-12/h5-6,11-13,17H,2-4,7-10H2,1H3. The maximum Gasteiger partial charge on any atom is 0.138 e. The van der Waals surface area contributed by atoms with E-state index in [9.17, 15) is 4.79 Å². The number of Topliss-reactive ketones (excluding diaryl/α,β-unsaturated/α-hetero) is 1. The van der Waals surface area contributed by atoms with Gasteiger partial charge in [-0.15, -0.1) is 11.3 Å². The molecule has 1 aromatic heterocycles. The highest BCUT2D eigenvalue weighted by Gasteiger charge is 2.34. The van der Waals surface area contributed by atoms with E-state index < -0.39 is 0 Å². The highest BCUT2D eigenvalue weighted by Crippen LogP contribution is 2.33. The van der Waals surface area contributed by atoms with E-state index in [1.54, 1.807) is 11.3 Å². The summed E-state index contributed by atoms with van der Waals surface area (Å²) in [6, 6.07) is 5.70. The Hall–Kier alpha value is -0.670. The zero-order valence-electron chi connectivity index (χ0n) is 11.7. The molecule has 19 heavy (non-hydrogen) atoms. The second-order valence-electron chi connectivity index (χ2n) is 6.12. The Morgan fingerprint density at radius 2 is 1.95 bits per heavy atom. The summed E-state index contributed by atoms with van der Waals surface area (Å²) < 4.78 is 0. The van der Waals surface area contributed by atoms with E-state index >= 15 is 0 Å². The first-order chi connectivity index (χ1) is 9.22. The van der Waals surface area contributed by atoms with Crippen LogP contribution in [0.25, 0.3) is 0 Å². The van der Waals surface area contributed by atoms with Gasteiger partial charge >= 0.3 is 0 Å². The van der Waals surface area contributed by atoms with Crippen molar-refractivity contribution in [2.24, 2.45) is 5.92 Å². The number of piperidine rings is 1. The van der Waals surface area contributed by atoms with Crippen molar-refractivity contribution < 1.29 is 4.79 Å². The van der Waals surface area contributed by atoms with Gasteiger partial charge in [-0.25, -0.2) is 0 Å². The normalized spacial score (nSPS) is 29.6. The molecule has 3 heteroatoms. The first-order valence-electron chi connectivity index (χ1n) is 7.58. The average molecular weight is 277 g/mol. The molecule has 0 radical (unpaired) electrons. The molecule has 1 N–H and O–H groups in total. The summed E-state index contributed by atoms with van der Waals surface area (Å²) in [5, 5.41) is 3.64. The molecule has 3 heterocycles. The highest BCUT2D eigenvalue weighted by atomic mass is 32.1. The lowest BCUT2D eigenvalue weighted by atomic mass is 9.87. The number of nitrogens with one attached hydrogen (secondary N) is 1.